The molecule has 0 unspecified atom stereocenters. The average molecular weight is 366 g/mol. The maximum absolute atomic E-state index is 12.2. The highest BCUT2D eigenvalue weighted by Gasteiger charge is 2.24. The van der Waals surface area contributed by atoms with Gasteiger partial charge < -0.3 is 9.84 Å². The van der Waals surface area contributed by atoms with Gasteiger partial charge in [0.15, 0.2) is 0 Å². The number of carbonyl (C=O) groups excluding carboxylic acids is 1. The summed E-state index contributed by atoms with van der Waals surface area (Å²) < 4.78 is 7.12. The van der Waals surface area contributed by atoms with E-state index in [0.29, 0.717) is 11.8 Å². The van der Waals surface area contributed by atoms with Crippen LogP contribution in [0.4, 0.5) is 0 Å². The summed E-state index contributed by atoms with van der Waals surface area (Å²) in [5.74, 6) is 0.588. The van der Waals surface area contributed by atoms with E-state index in [1.54, 1.807) is 24.7 Å². The van der Waals surface area contributed by atoms with Gasteiger partial charge in [-0.2, -0.15) is 5.10 Å². The number of amides is 1. The summed E-state index contributed by atoms with van der Waals surface area (Å²) >= 11 is 0. The molecule has 8 nitrogen and oxygen atoms in total. The molecule has 1 aliphatic carbocycles. The van der Waals surface area contributed by atoms with Gasteiger partial charge in [0.05, 0.1) is 36.2 Å². The molecule has 1 N–H and O–H groups in total. The Bertz CT molecular complexity index is 896. The van der Waals surface area contributed by atoms with E-state index >= 15 is 0 Å². The maximum atomic E-state index is 12.2. The molecular formula is C19H22N6O2. The van der Waals surface area contributed by atoms with Gasteiger partial charge in [0, 0.05) is 36.3 Å². The summed E-state index contributed by atoms with van der Waals surface area (Å²) in [6.07, 6.45) is 13.0. The summed E-state index contributed by atoms with van der Waals surface area (Å²) in [4.78, 5) is 20.6. The molecule has 27 heavy (non-hydrogen) atoms. The van der Waals surface area contributed by atoms with Gasteiger partial charge in [-0.1, -0.05) is 5.16 Å². The maximum Gasteiger partial charge on any atom is 0.227 e. The van der Waals surface area contributed by atoms with Crippen LogP contribution in [0.5, 0.6) is 0 Å². The first-order valence-corrected chi connectivity index (χ1v) is 9.19. The monoisotopic (exact) mass is 366 g/mol. The fraction of sp³-hybridized carbons (Fsp3) is 0.421. The van der Waals surface area contributed by atoms with Gasteiger partial charge in [-0.25, -0.2) is 0 Å². The number of aryl methyl sites for hydroxylation is 1. The van der Waals surface area contributed by atoms with E-state index < -0.39 is 0 Å². The predicted octanol–water partition coefficient (Wildman–Crippen LogP) is 2.48. The lowest BCUT2D eigenvalue weighted by Gasteiger charge is -2.29. The van der Waals surface area contributed by atoms with Crippen LogP contribution < -0.4 is 5.32 Å². The van der Waals surface area contributed by atoms with E-state index in [9.17, 15) is 4.79 Å². The van der Waals surface area contributed by atoms with Gasteiger partial charge in [0.2, 0.25) is 5.91 Å². The highest BCUT2D eigenvalue weighted by atomic mass is 16.5. The van der Waals surface area contributed by atoms with Crippen LogP contribution in [0, 0.1) is 6.92 Å². The summed E-state index contributed by atoms with van der Waals surface area (Å²) in [5.41, 5.74) is 2.59. The van der Waals surface area contributed by atoms with Crippen LogP contribution in [0.15, 0.2) is 41.6 Å². The first-order chi connectivity index (χ1) is 13.2. The number of hydrogen-bond donors (Lipinski definition) is 1. The zero-order valence-corrected chi connectivity index (χ0v) is 15.2. The third-order valence-electron chi connectivity index (χ3n) is 4.91. The molecule has 1 saturated carbocycles. The fourth-order valence-electron chi connectivity index (χ4n) is 3.54. The van der Waals surface area contributed by atoms with Crippen molar-refractivity contribution in [2.45, 2.75) is 51.1 Å². The van der Waals surface area contributed by atoms with Crippen molar-refractivity contribution in [2.75, 3.05) is 0 Å². The Morgan fingerprint density at radius 3 is 2.81 bits per heavy atom. The lowest BCUT2D eigenvalue weighted by molar-refractivity contribution is -0.121. The highest BCUT2D eigenvalue weighted by molar-refractivity contribution is 5.78. The van der Waals surface area contributed by atoms with Crippen LogP contribution >= 0.6 is 0 Å². The Kier molecular flexibility index (Phi) is 4.95. The largest absolute Gasteiger partial charge is 0.361 e. The number of aromatic nitrogens is 5. The van der Waals surface area contributed by atoms with E-state index in [-0.39, 0.29) is 18.4 Å². The van der Waals surface area contributed by atoms with Gasteiger partial charge >= 0.3 is 0 Å². The molecule has 0 atom stereocenters. The number of nitrogens with zero attached hydrogens (tertiary/aromatic N) is 5. The molecule has 0 bridgehead atoms. The van der Waals surface area contributed by atoms with E-state index in [0.717, 1.165) is 42.6 Å². The van der Waals surface area contributed by atoms with Crippen LogP contribution in [0.1, 0.15) is 43.2 Å². The van der Waals surface area contributed by atoms with Crippen molar-refractivity contribution in [3.8, 4) is 11.3 Å². The molecule has 4 rings (SSSR count). The highest BCUT2D eigenvalue weighted by Crippen LogP contribution is 2.29. The fourth-order valence-corrected chi connectivity index (χ4v) is 3.54. The number of carbonyl (C=O) groups is 1. The van der Waals surface area contributed by atoms with E-state index in [1.165, 1.54) is 0 Å². The smallest absolute Gasteiger partial charge is 0.227 e. The Hall–Kier alpha value is -3.03. The minimum absolute atomic E-state index is 0.0152. The minimum atomic E-state index is -0.0152. The third kappa shape index (κ3) is 4.21. The first-order valence-electron chi connectivity index (χ1n) is 9.19. The number of nitrogens with one attached hydrogen (secondary N) is 1. The molecule has 1 aliphatic rings. The van der Waals surface area contributed by atoms with Crippen molar-refractivity contribution in [3.05, 3.63) is 48.5 Å². The SMILES string of the molecule is Cc1cc(CC(=O)NC2CCC(n3cc(-c4cnccn4)cn3)CC2)on1. The summed E-state index contributed by atoms with van der Waals surface area (Å²) in [5, 5.41) is 11.4. The third-order valence-corrected chi connectivity index (χ3v) is 4.91. The molecule has 8 heteroatoms. The van der Waals surface area contributed by atoms with E-state index in [2.05, 4.69) is 25.5 Å². The number of hydrogen-bond acceptors (Lipinski definition) is 6. The summed E-state index contributed by atoms with van der Waals surface area (Å²) in [6.45, 7) is 1.84. The molecule has 0 saturated heterocycles. The van der Waals surface area contributed by atoms with Crippen LogP contribution in [0.25, 0.3) is 11.3 Å². The van der Waals surface area contributed by atoms with Gasteiger partial charge in [-0.15, -0.1) is 0 Å². The Morgan fingerprint density at radius 2 is 2.11 bits per heavy atom. The van der Waals surface area contributed by atoms with Crippen molar-refractivity contribution in [1.82, 2.24) is 30.2 Å². The van der Waals surface area contributed by atoms with Gasteiger partial charge in [-0.3, -0.25) is 19.4 Å². The van der Waals surface area contributed by atoms with E-state index in [1.807, 2.05) is 24.0 Å². The lowest BCUT2D eigenvalue weighted by atomic mass is 9.91. The topological polar surface area (TPSA) is 98.7 Å². The average Bonchev–Trinajstić information content (AvgIpc) is 3.32. The zero-order valence-electron chi connectivity index (χ0n) is 15.2. The minimum Gasteiger partial charge on any atom is -0.361 e. The molecule has 0 spiro atoms. The van der Waals surface area contributed by atoms with Crippen LogP contribution in [0.2, 0.25) is 0 Å². The predicted molar refractivity (Wildman–Crippen MR) is 97.6 cm³/mol. The molecule has 1 fully saturated rings. The van der Waals surface area contributed by atoms with Crippen molar-refractivity contribution in [3.63, 3.8) is 0 Å². The summed E-state index contributed by atoms with van der Waals surface area (Å²) in [6, 6.07) is 2.34. The molecule has 3 aromatic heterocycles. The second-order valence-electron chi connectivity index (χ2n) is 6.98. The first kappa shape index (κ1) is 17.4. The Labute approximate surface area is 157 Å². The van der Waals surface area contributed by atoms with Crippen LogP contribution in [-0.2, 0) is 11.2 Å². The molecule has 0 aromatic carbocycles. The van der Waals surface area contributed by atoms with Gasteiger partial charge in [0.25, 0.3) is 0 Å². The second kappa shape index (κ2) is 7.69. The lowest BCUT2D eigenvalue weighted by Crippen LogP contribution is -2.38. The van der Waals surface area contributed by atoms with E-state index in [4.69, 9.17) is 4.52 Å². The van der Waals surface area contributed by atoms with Crippen molar-refractivity contribution < 1.29 is 9.32 Å². The van der Waals surface area contributed by atoms with Crippen molar-refractivity contribution >= 4 is 5.91 Å². The standard InChI is InChI=1S/C19H22N6O2/c1-13-8-17(27-24-13)9-19(26)23-15-2-4-16(5-3-15)25-12-14(10-22-25)18-11-20-6-7-21-18/h6-8,10-12,15-16H,2-5,9H2,1H3,(H,23,26). The second-order valence-corrected chi connectivity index (χ2v) is 6.98. The van der Waals surface area contributed by atoms with Gasteiger partial charge in [-0.05, 0) is 32.6 Å². The quantitative estimate of drug-likeness (QED) is 0.745. The normalized spacial score (nSPS) is 19.7. The number of rotatable bonds is 5. The molecule has 0 radical (unpaired) electrons. The van der Waals surface area contributed by atoms with Crippen molar-refractivity contribution in [1.29, 1.82) is 0 Å². The molecule has 1 amide bonds. The molecule has 0 aliphatic heterocycles. The van der Waals surface area contributed by atoms with Gasteiger partial charge in [0.1, 0.15) is 5.76 Å². The van der Waals surface area contributed by atoms with Crippen LogP contribution in [0.3, 0.4) is 0 Å². The molecule has 140 valence electrons. The van der Waals surface area contributed by atoms with Crippen molar-refractivity contribution in [2.24, 2.45) is 0 Å². The summed E-state index contributed by atoms with van der Waals surface area (Å²) in [7, 11) is 0. The molecule has 3 aromatic rings. The Balaban J connectivity index is 1.29. The zero-order chi connectivity index (χ0) is 18.6. The molecular weight excluding hydrogens is 344 g/mol. The molecule has 3 heterocycles. The Morgan fingerprint density at radius 1 is 1.26 bits per heavy atom. The van der Waals surface area contributed by atoms with Crippen LogP contribution in [-0.4, -0.2) is 36.9 Å².